The molecule has 0 bridgehead atoms. The highest BCUT2D eigenvalue weighted by Crippen LogP contribution is 2.25. The van der Waals surface area contributed by atoms with Crippen molar-refractivity contribution in [2.75, 3.05) is 19.7 Å². The van der Waals surface area contributed by atoms with Gasteiger partial charge in [0, 0.05) is 75.1 Å². The molecule has 1 aliphatic heterocycles. The summed E-state index contributed by atoms with van der Waals surface area (Å²) in [7, 11) is 0. The fraction of sp³-hybridized carbons (Fsp3) is 0.567. The first kappa shape index (κ1) is 116. The van der Waals surface area contributed by atoms with Gasteiger partial charge in [-0.2, -0.15) is 0 Å². The highest BCUT2D eigenvalue weighted by atomic mass is 16.4. The number of para-hydroxylation sites is 1. The zero-order chi connectivity index (χ0) is 104. The largest absolute Gasteiger partial charge is 0.508 e. The number of nitrogens with one attached hydrogen (secondary N) is 16. The van der Waals surface area contributed by atoms with Crippen LogP contribution in [0.25, 0.3) is 10.9 Å². The number of aliphatic hydroxyl groups excluding tert-OH is 2. The highest BCUT2D eigenvalue weighted by molar-refractivity contribution is 6.42. The third kappa shape index (κ3) is 38.6. The second-order valence-electron chi connectivity index (χ2n) is 37.1. The molecule has 4 aromatic rings. The first-order valence-corrected chi connectivity index (χ1v) is 47.1. The lowest BCUT2D eigenvalue weighted by Gasteiger charge is -2.34. The van der Waals surface area contributed by atoms with Gasteiger partial charge in [-0.25, -0.2) is 0 Å². The number of carboxylic acids is 1. The number of aliphatic hydroxyl groups is 2. The number of ketones is 4. The highest BCUT2D eigenvalue weighted by Gasteiger charge is 2.44. The minimum absolute atomic E-state index is 0.00899. The van der Waals surface area contributed by atoms with E-state index in [1.165, 1.54) is 99.7 Å². The molecule has 0 saturated heterocycles. The number of H-pyrrole nitrogens is 1. The Morgan fingerprint density at radius 2 is 1.06 bits per heavy atom. The lowest BCUT2D eigenvalue weighted by atomic mass is 9.89. The lowest BCUT2D eigenvalue weighted by molar-refractivity contribution is -0.141. The number of aliphatic carboxylic acids is 1. The van der Waals surface area contributed by atoms with Crippen molar-refractivity contribution in [2.24, 2.45) is 35.1 Å². The van der Waals surface area contributed by atoms with Crippen LogP contribution in [-0.4, -0.2) is 259 Å². The van der Waals surface area contributed by atoms with Crippen molar-refractivity contribution in [1.82, 2.24) is 84.7 Å². The maximum absolute atomic E-state index is 15.6. The normalized spacial score (nSPS) is 22.0. The molecule has 3 aromatic carbocycles. The Labute approximate surface area is 808 Å². The molecule has 24 N–H and O–H groups in total. The number of hydrogen-bond acceptors (Lipinski definition) is 25. The van der Waals surface area contributed by atoms with E-state index in [9.17, 15) is 87.5 Å². The van der Waals surface area contributed by atoms with Crippen LogP contribution < -0.4 is 91.2 Å². The molecular formula is C97H142N18O24. The summed E-state index contributed by atoms with van der Waals surface area (Å²) in [5, 5.41) is 82.5. The Balaban J connectivity index is 1.60. The van der Waals surface area contributed by atoms with Gasteiger partial charge in [0.05, 0.1) is 36.8 Å². The van der Waals surface area contributed by atoms with Gasteiger partial charge in [0.1, 0.15) is 77.2 Å². The second-order valence-corrected chi connectivity index (χ2v) is 37.1. The number of Topliss-reactive ketones (excluding diaryl/α,β-unsaturated/α-hetero) is 4. The maximum atomic E-state index is 15.6. The van der Waals surface area contributed by atoms with Crippen LogP contribution in [0.4, 0.5) is 0 Å². The van der Waals surface area contributed by atoms with Crippen LogP contribution >= 0.6 is 0 Å². The van der Waals surface area contributed by atoms with Crippen LogP contribution in [-0.2, 0) is 115 Å². The molecule has 42 nitrogen and oxygen atoms in total. The summed E-state index contributed by atoms with van der Waals surface area (Å²) >= 11 is 0. The minimum Gasteiger partial charge on any atom is -0.508 e. The van der Waals surface area contributed by atoms with Gasteiger partial charge in [-0.05, 0) is 166 Å². The number of carbonyl (C=O) groups is 20. The van der Waals surface area contributed by atoms with Crippen molar-refractivity contribution in [3.05, 3.63) is 114 Å². The number of aromatic amines is 1. The van der Waals surface area contributed by atoms with Crippen molar-refractivity contribution in [3.63, 3.8) is 0 Å². The number of aromatic nitrogens is 1. The Bertz CT molecular complexity index is 4990. The van der Waals surface area contributed by atoms with Gasteiger partial charge in [0.15, 0.2) is 0 Å². The van der Waals surface area contributed by atoms with Crippen LogP contribution in [0.15, 0.2) is 97.2 Å². The smallest absolute Gasteiger partial charge is 0.303 e. The predicted molar refractivity (Wildman–Crippen MR) is 511 cm³/mol. The van der Waals surface area contributed by atoms with E-state index < -0.39 is 277 Å². The van der Waals surface area contributed by atoms with Crippen LogP contribution in [0, 0.1) is 23.7 Å². The van der Waals surface area contributed by atoms with Crippen molar-refractivity contribution < 1.29 is 116 Å². The number of carbonyl (C=O) groups excluding carboxylic acids is 19. The van der Waals surface area contributed by atoms with Gasteiger partial charge < -0.3 is 117 Å². The maximum Gasteiger partial charge on any atom is 0.303 e. The first-order valence-electron chi connectivity index (χ1n) is 47.1. The SMILES string of the molecule is CC(=O)N[C@@H](CC(C)C)C(=O)N[C@H](C(=O)N[C@@H](Cc1ccccc1)C(=O)N[C@@]1(C)CCCCCC/C=C/CCC[C@@](C)(C(=O)NC(C)C(=O)N[C@@H](C)C(=O)NC(C)C(=O)N[C@@H](C)C(=O)C(=O)[C@H](C)NC[C@H](C)C(N)=O)NC(=O)[C@H](CC(C)C)CN[C@@H](CCC(N)=O)C(=O)C(=O)[C@H](CO)NC(=O)[C@H](Cc2c[nH]c3ccccc23)NC(=O)C(Cc2ccc(O)cc2)NC(=O)[C@H](CCC(=O)O)NC1=O)[C@@H](C)O. The summed E-state index contributed by atoms with van der Waals surface area (Å²) in [6, 6.07) is 0.0910. The second kappa shape index (κ2) is 56.6. The molecule has 764 valence electrons. The van der Waals surface area contributed by atoms with E-state index >= 15 is 28.8 Å². The molecule has 0 spiro atoms. The molecule has 0 aliphatic carbocycles. The fourth-order valence-electron chi connectivity index (χ4n) is 15.4. The molecule has 5 rings (SSSR count). The molecule has 2 heterocycles. The van der Waals surface area contributed by atoms with Crippen molar-refractivity contribution >= 4 is 129 Å². The van der Waals surface area contributed by atoms with Gasteiger partial charge in [-0.3, -0.25) is 95.9 Å². The van der Waals surface area contributed by atoms with Gasteiger partial charge in [0.25, 0.3) is 0 Å². The molecule has 18 atom stereocenters. The number of benzene rings is 3. The number of rotatable bonds is 40. The van der Waals surface area contributed by atoms with E-state index in [0.717, 1.165) is 0 Å². The average Bonchev–Trinajstić information content (AvgIpc) is 1.78. The Hall–Kier alpha value is -13.2. The molecule has 139 heavy (non-hydrogen) atoms. The van der Waals surface area contributed by atoms with E-state index in [0.29, 0.717) is 47.7 Å². The zero-order valence-corrected chi connectivity index (χ0v) is 81.6. The van der Waals surface area contributed by atoms with Gasteiger partial charge >= 0.3 is 5.97 Å². The third-order valence-electron chi connectivity index (χ3n) is 23.8. The van der Waals surface area contributed by atoms with Crippen LogP contribution in [0.1, 0.15) is 210 Å². The summed E-state index contributed by atoms with van der Waals surface area (Å²) in [5.74, 6) is -22.5. The zero-order valence-electron chi connectivity index (χ0n) is 81.6. The van der Waals surface area contributed by atoms with Crippen LogP contribution in [0.5, 0.6) is 5.75 Å². The summed E-state index contributed by atoms with van der Waals surface area (Å²) in [4.78, 5) is 284. The number of hydrogen-bond donors (Lipinski definition) is 22. The molecule has 1 aromatic heterocycles. The summed E-state index contributed by atoms with van der Waals surface area (Å²) < 4.78 is 0. The number of amides is 15. The molecular weight excluding hydrogens is 1800 g/mol. The van der Waals surface area contributed by atoms with Gasteiger partial charge in [-0.15, -0.1) is 0 Å². The minimum atomic E-state index is -2.11. The van der Waals surface area contributed by atoms with Gasteiger partial charge in [-0.1, -0.05) is 127 Å². The fourth-order valence-corrected chi connectivity index (χ4v) is 15.4. The molecule has 0 fully saturated rings. The van der Waals surface area contributed by atoms with E-state index in [1.807, 2.05) is 12.2 Å². The number of phenols is 1. The summed E-state index contributed by atoms with van der Waals surface area (Å²) in [5.41, 5.74) is 8.64. The molecule has 0 saturated carbocycles. The Kier molecular flexibility index (Phi) is 47.4. The Morgan fingerprint density at radius 1 is 0.518 bits per heavy atom. The van der Waals surface area contributed by atoms with Gasteiger partial charge in [0.2, 0.25) is 112 Å². The number of primary amides is 2. The van der Waals surface area contributed by atoms with E-state index in [4.69, 9.17) is 11.5 Å². The number of nitrogens with two attached hydrogens (primary N) is 2. The number of phenolic OH excluding ortho intramolecular Hbond substituents is 1. The molecule has 0 radical (unpaired) electrons. The van der Waals surface area contributed by atoms with Crippen molar-refractivity contribution in [2.45, 2.75) is 308 Å². The molecule has 15 amide bonds. The number of allylic oxidation sites excluding steroid dienone is 2. The van der Waals surface area contributed by atoms with Crippen molar-refractivity contribution in [3.8, 4) is 5.75 Å². The topological polar surface area (TPSA) is 671 Å². The molecule has 1 aliphatic rings. The average molecular weight is 1940 g/mol. The molecule has 42 heteroatoms. The summed E-state index contributed by atoms with van der Waals surface area (Å²) in [6.07, 6.45) is 2.31. The van der Waals surface area contributed by atoms with E-state index in [2.05, 4.69) is 84.7 Å². The van der Waals surface area contributed by atoms with Crippen LogP contribution in [0.3, 0.4) is 0 Å². The number of carboxylic acid groups (broad SMARTS) is 1. The quantitative estimate of drug-likeness (QED) is 0.0201. The monoisotopic (exact) mass is 1940 g/mol. The molecule has 3 unspecified atom stereocenters. The van der Waals surface area contributed by atoms with E-state index in [-0.39, 0.29) is 81.1 Å². The standard InChI is InChI=1S/C97H142N18O24/c1-52(2)43-65-50-102-69(37-39-76(98)120)81(125)82(126)75(51-116)111-90(134)74(47-64-49-101-68-32-26-25-31-67(64)68)109-89(133)72(46-63-33-35-66(119)36-34-63)108-88(132)70(38-40-77(121)122)112-95(139)97(14,115-92(136)73(45-62-29-23-22-24-30-62)110-93(137)78(60(11)117)113-91(135)71(44-53(3)4)107-61(12)118)42-28-21-19-17-15-16-18-20-27-41-96(13,114-87(65)131)94(138)106-59(10)86(130)105-58(9)85(129)104-57(8)84(128)103-56(7)80(124)79(123)55(6)100-48-54(5)83(99)127/h16,18,22-26,29-36,49,52-60,65,69-75,78,100-102,116-117,119H,15,17,19-21,27-28,37-48,50-51H2,1-14H3,(H2,98,120)(H2,99,127)(H,103,128)(H,104,129)(H,105,130)(H,106,138)(H,107,118)(H,108,132)(H,109,133)(H,110,137)(H,111,134)(H,112,139)(H,113,135)(H,114,131)(H,115,136)(H,121,122)/b18-16+/t54-,55-,56-,57?,58-,59?,60+,65+,69-,70-,71-,72?,73-,74-,75-,78-,96-,97-/m0/s1. The first-order chi connectivity index (χ1) is 65.4. The third-order valence-corrected chi connectivity index (χ3v) is 23.8. The predicted octanol–water partition coefficient (Wildman–Crippen LogP) is -0.290. The number of fused-ring (bicyclic) bond motifs is 1. The summed E-state index contributed by atoms with van der Waals surface area (Å²) in [6.45, 7) is 18.6. The number of aromatic hydroxyl groups is 1. The Morgan fingerprint density at radius 3 is 1.64 bits per heavy atom. The lowest BCUT2D eigenvalue weighted by Crippen LogP contribution is -2.65. The van der Waals surface area contributed by atoms with E-state index in [1.54, 1.807) is 82.3 Å². The van der Waals surface area contributed by atoms with Crippen molar-refractivity contribution in [1.29, 1.82) is 0 Å². The van der Waals surface area contributed by atoms with Crippen LogP contribution in [0.2, 0.25) is 0 Å².